The fraction of sp³-hybridized carbons (Fsp3) is 0.321. The van der Waals surface area contributed by atoms with Crippen LogP contribution in [0.1, 0.15) is 12.8 Å². The summed E-state index contributed by atoms with van der Waals surface area (Å²) in [4.78, 5) is 12.9. The first kappa shape index (κ1) is 20.3. The number of anilines is 1. The first-order chi connectivity index (χ1) is 16.2. The molecule has 2 aromatic heterocycles. The smallest absolute Gasteiger partial charge is 0.137 e. The van der Waals surface area contributed by atoms with E-state index >= 15 is 0 Å². The molecule has 168 valence electrons. The lowest BCUT2D eigenvalue weighted by molar-refractivity contribution is 0.300. The van der Waals surface area contributed by atoms with Crippen LogP contribution in [0, 0.1) is 5.92 Å². The Morgan fingerprint density at radius 2 is 1.64 bits per heavy atom. The van der Waals surface area contributed by atoms with Crippen LogP contribution in [0.2, 0.25) is 0 Å². The standard InChI is InChI=1S/C28H30N4O/c1-31-12-14-32(15-13-31)24-8-4-21(5-9-24)23-16-26-27(18-30-28(26)29-17-23)22-6-10-25(11-7-22)33-19-20-2-3-20/h4-11,16-18,20H,2-3,12-15,19H2,1H3,(H,29,30). The van der Waals surface area contributed by atoms with Gasteiger partial charge in [-0.15, -0.1) is 0 Å². The van der Waals surface area contributed by atoms with E-state index in [-0.39, 0.29) is 0 Å². The second kappa shape index (κ2) is 8.56. The topological polar surface area (TPSA) is 44.4 Å². The number of fused-ring (bicyclic) bond motifs is 1. The zero-order valence-corrected chi connectivity index (χ0v) is 19.1. The molecule has 2 aromatic carbocycles. The quantitative estimate of drug-likeness (QED) is 0.436. The number of hydrogen-bond donors (Lipinski definition) is 1. The Morgan fingerprint density at radius 3 is 2.36 bits per heavy atom. The average Bonchev–Trinajstić information content (AvgIpc) is 3.60. The summed E-state index contributed by atoms with van der Waals surface area (Å²) >= 11 is 0. The Bertz CT molecular complexity index is 1230. The van der Waals surface area contributed by atoms with Crippen molar-refractivity contribution in [2.24, 2.45) is 5.92 Å². The van der Waals surface area contributed by atoms with Crippen LogP contribution >= 0.6 is 0 Å². The fourth-order valence-corrected chi connectivity index (χ4v) is 4.56. The van der Waals surface area contributed by atoms with Gasteiger partial charge in [0, 0.05) is 60.8 Å². The van der Waals surface area contributed by atoms with Gasteiger partial charge in [-0.1, -0.05) is 24.3 Å². The maximum atomic E-state index is 5.90. The lowest BCUT2D eigenvalue weighted by Crippen LogP contribution is -2.44. The van der Waals surface area contributed by atoms with Crippen molar-refractivity contribution in [3.8, 4) is 28.0 Å². The number of rotatable bonds is 6. The first-order valence-electron chi connectivity index (χ1n) is 12.0. The summed E-state index contributed by atoms with van der Waals surface area (Å²) < 4.78 is 5.90. The first-order valence-corrected chi connectivity index (χ1v) is 12.0. The minimum Gasteiger partial charge on any atom is -0.493 e. The fourth-order valence-electron chi connectivity index (χ4n) is 4.56. The number of nitrogens with zero attached hydrogens (tertiary/aromatic N) is 3. The molecule has 5 heteroatoms. The van der Waals surface area contributed by atoms with Crippen molar-refractivity contribution in [3.63, 3.8) is 0 Å². The molecule has 1 aliphatic heterocycles. The monoisotopic (exact) mass is 438 g/mol. The van der Waals surface area contributed by atoms with E-state index in [2.05, 4.69) is 82.6 Å². The minimum atomic E-state index is 0.762. The molecule has 1 N–H and O–H groups in total. The van der Waals surface area contributed by atoms with E-state index in [4.69, 9.17) is 9.72 Å². The molecule has 2 aliphatic rings. The summed E-state index contributed by atoms with van der Waals surface area (Å²) in [6.45, 7) is 5.24. The Balaban J connectivity index is 1.23. The lowest BCUT2D eigenvalue weighted by Gasteiger charge is -2.34. The van der Waals surface area contributed by atoms with Gasteiger partial charge < -0.3 is 19.5 Å². The van der Waals surface area contributed by atoms with E-state index in [1.807, 2.05) is 6.20 Å². The minimum absolute atomic E-state index is 0.762. The van der Waals surface area contributed by atoms with Crippen molar-refractivity contribution in [1.82, 2.24) is 14.9 Å². The summed E-state index contributed by atoms with van der Waals surface area (Å²) in [6.07, 6.45) is 6.63. The summed E-state index contributed by atoms with van der Waals surface area (Å²) in [7, 11) is 2.19. The molecule has 0 spiro atoms. The number of piperazine rings is 1. The molecule has 1 aliphatic carbocycles. The van der Waals surface area contributed by atoms with E-state index in [9.17, 15) is 0 Å². The molecule has 5 nitrogen and oxygen atoms in total. The number of benzene rings is 2. The van der Waals surface area contributed by atoms with Crippen molar-refractivity contribution in [3.05, 3.63) is 67.0 Å². The molecule has 0 bridgehead atoms. The number of aromatic amines is 1. The Hall–Kier alpha value is -3.31. The molecule has 1 saturated carbocycles. The maximum Gasteiger partial charge on any atom is 0.137 e. The van der Waals surface area contributed by atoms with Gasteiger partial charge in [0.15, 0.2) is 0 Å². The number of aromatic nitrogens is 2. The van der Waals surface area contributed by atoms with Crippen LogP contribution in [-0.4, -0.2) is 54.7 Å². The van der Waals surface area contributed by atoms with Crippen molar-refractivity contribution in [1.29, 1.82) is 0 Å². The van der Waals surface area contributed by atoms with Gasteiger partial charge in [-0.2, -0.15) is 0 Å². The molecule has 0 unspecified atom stereocenters. The van der Waals surface area contributed by atoms with Crippen LogP contribution < -0.4 is 9.64 Å². The lowest BCUT2D eigenvalue weighted by atomic mass is 10.0. The van der Waals surface area contributed by atoms with Crippen molar-refractivity contribution < 1.29 is 4.74 Å². The van der Waals surface area contributed by atoms with Crippen LogP contribution in [0.3, 0.4) is 0 Å². The van der Waals surface area contributed by atoms with Gasteiger partial charge in [0.25, 0.3) is 0 Å². The van der Waals surface area contributed by atoms with E-state index in [0.29, 0.717) is 0 Å². The predicted molar refractivity (Wildman–Crippen MR) is 135 cm³/mol. The third kappa shape index (κ3) is 4.33. The molecule has 1 saturated heterocycles. The van der Waals surface area contributed by atoms with E-state index < -0.39 is 0 Å². The van der Waals surface area contributed by atoms with Crippen molar-refractivity contribution in [2.45, 2.75) is 12.8 Å². The third-order valence-electron chi connectivity index (χ3n) is 6.95. The average molecular weight is 439 g/mol. The number of likely N-dealkylation sites (N-methyl/N-ethyl adjacent to an activating group) is 1. The third-order valence-corrected chi connectivity index (χ3v) is 6.95. The molecular weight excluding hydrogens is 408 g/mol. The summed E-state index contributed by atoms with van der Waals surface area (Å²) in [5.74, 6) is 1.71. The molecular formula is C28H30N4O. The molecule has 6 rings (SSSR count). The highest BCUT2D eigenvalue weighted by Gasteiger charge is 2.22. The van der Waals surface area contributed by atoms with E-state index in [1.165, 1.54) is 35.2 Å². The Kier molecular flexibility index (Phi) is 5.27. The van der Waals surface area contributed by atoms with E-state index in [0.717, 1.165) is 61.1 Å². The molecule has 33 heavy (non-hydrogen) atoms. The Labute approximate surface area is 195 Å². The largest absolute Gasteiger partial charge is 0.493 e. The number of nitrogens with one attached hydrogen (secondary N) is 1. The van der Waals surface area contributed by atoms with Gasteiger partial charge in [-0.25, -0.2) is 4.98 Å². The number of hydrogen-bond acceptors (Lipinski definition) is 4. The van der Waals surface area contributed by atoms with Crippen molar-refractivity contribution in [2.75, 3.05) is 44.7 Å². The molecule has 0 atom stereocenters. The van der Waals surface area contributed by atoms with Gasteiger partial charge >= 0.3 is 0 Å². The zero-order valence-electron chi connectivity index (χ0n) is 19.1. The number of H-pyrrole nitrogens is 1. The normalized spacial score (nSPS) is 16.9. The van der Waals surface area contributed by atoms with Crippen LogP contribution in [0.4, 0.5) is 5.69 Å². The van der Waals surface area contributed by atoms with Gasteiger partial charge in [0.1, 0.15) is 11.4 Å². The van der Waals surface area contributed by atoms with Crippen molar-refractivity contribution >= 4 is 16.7 Å². The van der Waals surface area contributed by atoms with Crippen LogP contribution in [-0.2, 0) is 0 Å². The second-order valence-electron chi connectivity index (χ2n) is 9.44. The Morgan fingerprint density at radius 1 is 0.909 bits per heavy atom. The number of ether oxygens (including phenoxy) is 1. The zero-order chi connectivity index (χ0) is 22.2. The number of pyridine rings is 1. The highest BCUT2D eigenvalue weighted by Crippen LogP contribution is 2.33. The van der Waals surface area contributed by atoms with Crippen LogP contribution in [0.5, 0.6) is 5.75 Å². The van der Waals surface area contributed by atoms with Gasteiger partial charge in [-0.05, 0) is 67.3 Å². The summed E-state index contributed by atoms with van der Waals surface area (Å²) in [6, 6.07) is 19.6. The SMILES string of the molecule is CN1CCN(c2ccc(-c3cnc4[nH]cc(-c5ccc(OCC6CC6)cc5)c4c3)cc2)CC1. The molecule has 0 radical (unpaired) electrons. The van der Waals surface area contributed by atoms with Gasteiger partial charge in [0.2, 0.25) is 0 Å². The van der Waals surface area contributed by atoms with Gasteiger partial charge in [-0.3, -0.25) is 0 Å². The highest BCUT2D eigenvalue weighted by atomic mass is 16.5. The molecule has 2 fully saturated rings. The van der Waals surface area contributed by atoms with Crippen LogP contribution in [0.15, 0.2) is 67.0 Å². The molecule has 0 amide bonds. The highest BCUT2D eigenvalue weighted by molar-refractivity contribution is 5.95. The molecule has 3 heterocycles. The van der Waals surface area contributed by atoms with Gasteiger partial charge in [0.05, 0.1) is 6.61 Å². The van der Waals surface area contributed by atoms with Crippen LogP contribution in [0.25, 0.3) is 33.3 Å². The second-order valence-corrected chi connectivity index (χ2v) is 9.44. The predicted octanol–water partition coefficient (Wildman–Crippen LogP) is 5.44. The van der Waals surface area contributed by atoms with E-state index in [1.54, 1.807) is 0 Å². The summed E-state index contributed by atoms with van der Waals surface area (Å²) in [5.41, 5.74) is 6.88. The summed E-state index contributed by atoms with van der Waals surface area (Å²) in [5, 5.41) is 1.14. The maximum absolute atomic E-state index is 5.90. The molecule has 4 aromatic rings.